The molecule has 0 heterocycles. The number of rotatable bonds is 1. The van der Waals surface area contributed by atoms with Crippen molar-refractivity contribution in [1.29, 1.82) is 0 Å². The molecule has 1 unspecified atom stereocenters. The molecule has 0 aromatic heterocycles. The number of aliphatic hydroxyl groups is 1. The number of carbonyl (C=O) groups is 1. The molecule has 0 saturated carbocycles. The molecule has 1 atom stereocenters. The van der Waals surface area contributed by atoms with Gasteiger partial charge in [-0.2, -0.15) is 0 Å². The third-order valence-corrected chi connectivity index (χ3v) is 2.71. The fraction of sp³-hybridized carbons (Fsp3) is 0.364. The Kier molecular flexibility index (Phi) is 2.25. The van der Waals surface area contributed by atoms with Crippen LogP contribution in [0, 0.1) is 0 Å². The zero-order valence-corrected chi connectivity index (χ0v) is 7.73. The van der Waals surface area contributed by atoms with Crippen molar-refractivity contribution in [1.82, 2.24) is 0 Å². The third kappa shape index (κ3) is 1.40. The zero-order chi connectivity index (χ0) is 10.1. The van der Waals surface area contributed by atoms with E-state index in [0.717, 1.165) is 30.4 Å². The Morgan fingerprint density at radius 1 is 1.43 bits per heavy atom. The van der Waals surface area contributed by atoms with Gasteiger partial charge in [0.2, 0.25) is 0 Å². The Hall–Kier alpha value is -1.35. The van der Waals surface area contributed by atoms with Crippen molar-refractivity contribution >= 4 is 5.97 Å². The maximum absolute atomic E-state index is 10.9. The highest BCUT2D eigenvalue weighted by Gasteiger charge is 2.22. The second kappa shape index (κ2) is 3.42. The first-order valence-corrected chi connectivity index (χ1v) is 4.73. The normalized spacial score (nSPS) is 20.2. The summed E-state index contributed by atoms with van der Waals surface area (Å²) < 4.78 is 0. The van der Waals surface area contributed by atoms with E-state index < -0.39 is 12.1 Å². The molecule has 0 amide bonds. The SMILES string of the molecule is O=C(O)c1cccc2c1CCCC2O. The molecule has 3 heteroatoms. The van der Waals surface area contributed by atoms with Crippen molar-refractivity contribution in [2.24, 2.45) is 0 Å². The van der Waals surface area contributed by atoms with E-state index in [4.69, 9.17) is 5.11 Å². The maximum Gasteiger partial charge on any atom is 0.335 e. The van der Waals surface area contributed by atoms with Crippen LogP contribution < -0.4 is 0 Å². The number of hydrogen-bond acceptors (Lipinski definition) is 2. The molecule has 14 heavy (non-hydrogen) atoms. The van der Waals surface area contributed by atoms with Crippen LogP contribution in [0.3, 0.4) is 0 Å². The predicted octanol–water partition coefficient (Wildman–Crippen LogP) is 1.75. The summed E-state index contributed by atoms with van der Waals surface area (Å²) >= 11 is 0. The first-order valence-electron chi connectivity index (χ1n) is 4.73. The van der Waals surface area contributed by atoms with Crippen LogP contribution in [-0.4, -0.2) is 16.2 Å². The Balaban J connectivity index is 2.55. The fourth-order valence-electron chi connectivity index (χ4n) is 2.02. The van der Waals surface area contributed by atoms with Gasteiger partial charge in [-0.15, -0.1) is 0 Å². The number of aromatic carboxylic acids is 1. The number of aliphatic hydroxyl groups excluding tert-OH is 1. The van der Waals surface area contributed by atoms with Gasteiger partial charge >= 0.3 is 5.97 Å². The van der Waals surface area contributed by atoms with Crippen LogP contribution in [-0.2, 0) is 6.42 Å². The number of fused-ring (bicyclic) bond motifs is 1. The average Bonchev–Trinajstić information content (AvgIpc) is 2.17. The van der Waals surface area contributed by atoms with Gasteiger partial charge in [0.1, 0.15) is 0 Å². The molecule has 0 radical (unpaired) electrons. The lowest BCUT2D eigenvalue weighted by molar-refractivity contribution is 0.0694. The molecule has 0 fully saturated rings. The highest BCUT2D eigenvalue weighted by Crippen LogP contribution is 2.31. The summed E-state index contributed by atoms with van der Waals surface area (Å²) in [5, 5.41) is 18.6. The minimum Gasteiger partial charge on any atom is -0.478 e. The van der Waals surface area contributed by atoms with E-state index >= 15 is 0 Å². The molecular weight excluding hydrogens is 180 g/mol. The van der Waals surface area contributed by atoms with E-state index in [1.54, 1.807) is 12.1 Å². The summed E-state index contributed by atoms with van der Waals surface area (Å²) in [4.78, 5) is 10.9. The van der Waals surface area contributed by atoms with Gasteiger partial charge in [-0.25, -0.2) is 4.79 Å². The molecule has 2 rings (SSSR count). The van der Waals surface area contributed by atoms with Gasteiger partial charge in [-0.1, -0.05) is 12.1 Å². The van der Waals surface area contributed by atoms with Gasteiger partial charge in [-0.3, -0.25) is 0 Å². The molecule has 0 aliphatic heterocycles. The van der Waals surface area contributed by atoms with Gasteiger partial charge in [0.25, 0.3) is 0 Å². The third-order valence-electron chi connectivity index (χ3n) is 2.71. The van der Waals surface area contributed by atoms with E-state index in [1.807, 2.05) is 6.07 Å². The van der Waals surface area contributed by atoms with Gasteiger partial charge < -0.3 is 10.2 Å². The lowest BCUT2D eigenvalue weighted by Crippen LogP contribution is -2.13. The van der Waals surface area contributed by atoms with Crippen molar-refractivity contribution in [3.05, 3.63) is 34.9 Å². The van der Waals surface area contributed by atoms with Crippen molar-refractivity contribution in [3.8, 4) is 0 Å². The van der Waals surface area contributed by atoms with Crippen LogP contribution in [0.2, 0.25) is 0 Å². The molecule has 1 aliphatic rings. The van der Waals surface area contributed by atoms with Gasteiger partial charge in [0.15, 0.2) is 0 Å². The van der Waals surface area contributed by atoms with Crippen LogP contribution in [0.5, 0.6) is 0 Å². The van der Waals surface area contributed by atoms with E-state index in [1.165, 1.54) is 0 Å². The van der Waals surface area contributed by atoms with Crippen LogP contribution in [0.4, 0.5) is 0 Å². The molecule has 1 aromatic rings. The summed E-state index contributed by atoms with van der Waals surface area (Å²) in [5.41, 5.74) is 1.93. The predicted molar refractivity (Wildman–Crippen MR) is 51.3 cm³/mol. The topological polar surface area (TPSA) is 57.5 Å². The highest BCUT2D eigenvalue weighted by molar-refractivity contribution is 5.89. The average molecular weight is 192 g/mol. The molecule has 1 aromatic carbocycles. The Labute approximate surface area is 82.0 Å². The van der Waals surface area contributed by atoms with Crippen molar-refractivity contribution < 1.29 is 15.0 Å². The zero-order valence-electron chi connectivity index (χ0n) is 7.73. The van der Waals surface area contributed by atoms with Crippen LogP contribution in [0.25, 0.3) is 0 Å². The van der Waals surface area contributed by atoms with E-state index in [9.17, 15) is 9.90 Å². The van der Waals surface area contributed by atoms with Gasteiger partial charge in [-0.05, 0) is 36.5 Å². The van der Waals surface area contributed by atoms with Crippen LogP contribution in [0.1, 0.15) is 40.4 Å². The van der Waals surface area contributed by atoms with Crippen molar-refractivity contribution in [3.63, 3.8) is 0 Å². The Morgan fingerprint density at radius 3 is 2.93 bits per heavy atom. The number of carboxylic acids is 1. The summed E-state index contributed by atoms with van der Waals surface area (Å²) in [5.74, 6) is -0.907. The number of hydrogen-bond donors (Lipinski definition) is 2. The molecular formula is C11H12O3. The second-order valence-electron chi connectivity index (χ2n) is 3.59. The summed E-state index contributed by atoms with van der Waals surface area (Å²) in [7, 11) is 0. The molecule has 0 spiro atoms. The first kappa shape index (κ1) is 9.21. The van der Waals surface area contributed by atoms with Gasteiger partial charge in [0, 0.05) is 0 Å². The standard InChI is InChI=1S/C11H12O3/c12-10-6-2-3-7-8(10)4-1-5-9(7)11(13)14/h1,4-5,10,12H,2-3,6H2,(H,13,14). The molecule has 0 bridgehead atoms. The number of carboxylic acid groups (broad SMARTS) is 1. The summed E-state index contributed by atoms with van der Waals surface area (Å²) in [6.45, 7) is 0. The highest BCUT2D eigenvalue weighted by atomic mass is 16.4. The Morgan fingerprint density at radius 2 is 2.21 bits per heavy atom. The molecule has 2 N–H and O–H groups in total. The summed E-state index contributed by atoms with van der Waals surface area (Å²) in [6.07, 6.45) is 1.86. The summed E-state index contributed by atoms with van der Waals surface area (Å²) in [6, 6.07) is 5.10. The largest absolute Gasteiger partial charge is 0.478 e. The van der Waals surface area contributed by atoms with Gasteiger partial charge in [0.05, 0.1) is 11.7 Å². The quantitative estimate of drug-likeness (QED) is 0.712. The van der Waals surface area contributed by atoms with Crippen molar-refractivity contribution in [2.45, 2.75) is 25.4 Å². The van der Waals surface area contributed by atoms with E-state index in [2.05, 4.69) is 0 Å². The lowest BCUT2D eigenvalue weighted by atomic mass is 9.86. The monoisotopic (exact) mass is 192 g/mol. The molecule has 3 nitrogen and oxygen atoms in total. The van der Waals surface area contributed by atoms with E-state index in [0.29, 0.717) is 5.56 Å². The van der Waals surface area contributed by atoms with E-state index in [-0.39, 0.29) is 0 Å². The number of benzene rings is 1. The smallest absolute Gasteiger partial charge is 0.335 e. The van der Waals surface area contributed by atoms with Crippen LogP contribution in [0.15, 0.2) is 18.2 Å². The first-order chi connectivity index (χ1) is 6.70. The fourth-order valence-corrected chi connectivity index (χ4v) is 2.02. The van der Waals surface area contributed by atoms with Crippen LogP contribution >= 0.6 is 0 Å². The van der Waals surface area contributed by atoms with Crippen molar-refractivity contribution in [2.75, 3.05) is 0 Å². The second-order valence-corrected chi connectivity index (χ2v) is 3.59. The minimum atomic E-state index is -0.907. The Bertz CT molecular complexity index is 371. The lowest BCUT2D eigenvalue weighted by Gasteiger charge is -2.22. The minimum absolute atomic E-state index is 0.334. The molecule has 0 saturated heterocycles. The molecule has 1 aliphatic carbocycles. The maximum atomic E-state index is 10.9. The molecule has 74 valence electrons.